The van der Waals surface area contributed by atoms with E-state index >= 15 is 0 Å². The molecule has 0 radical (unpaired) electrons. The van der Waals surface area contributed by atoms with Crippen LogP contribution in [-0.2, 0) is 9.53 Å². The minimum atomic E-state index is -0.369. The van der Waals surface area contributed by atoms with Crippen molar-refractivity contribution in [2.75, 3.05) is 20.8 Å². The summed E-state index contributed by atoms with van der Waals surface area (Å²) in [5.41, 5.74) is 3.81. The molecule has 0 spiro atoms. The predicted molar refractivity (Wildman–Crippen MR) is 79.4 cm³/mol. The molecule has 0 heterocycles. The van der Waals surface area contributed by atoms with E-state index in [1.807, 2.05) is 20.8 Å². The molecule has 20 heavy (non-hydrogen) atoms. The first kappa shape index (κ1) is 16.1. The third-order valence-corrected chi connectivity index (χ3v) is 3.31. The standard InChI is InChI=1S/C16H22O4/c1-7-20-14(17)9-8-13-12(4)15(18-5)10(2)11(3)16(13)19-6/h8-9H,7H2,1-6H3/b9-8+. The molecule has 0 aliphatic heterocycles. The Morgan fingerprint density at radius 1 is 1.00 bits per heavy atom. The molecule has 1 aromatic carbocycles. The second-order valence-corrected chi connectivity index (χ2v) is 4.44. The molecular formula is C16H22O4. The Hall–Kier alpha value is -1.97. The van der Waals surface area contributed by atoms with Gasteiger partial charge >= 0.3 is 5.97 Å². The van der Waals surface area contributed by atoms with Gasteiger partial charge in [-0.15, -0.1) is 0 Å². The van der Waals surface area contributed by atoms with E-state index < -0.39 is 0 Å². The Kier molecular flexibility index (Phi) is 5.62. The van der Waals surface area contributed by atoms with Gasteiger partial charge in [0.25, 0.3) is 0 Å². The van der Waals surface area contributed by atoms with Crippen molar-refractivity contribution < 1.29 is 19.0 Å². The Bertz CT molecular complexity index is 530. The van der Waals surface area contributed by atoms with Crippen LogP contribution in [0.15, 0.2) is 6.08 Å². The van der Waals surface area contributed by atoms with Gasteiger partial charge in [0, 0.05) is 17.2 Å². The first-order valence-electron chi connectivity index (χ1n) is 6.54. The van der Waals surface area contributed by atoms with Gasteiger partial charge in [-0.3, -0.25) is 0 Å². The summed E-state index contributed by atoms with van der Waals surface area (Å²) in [6.07, 6.45) is 3.11. The Balaban J connectivity index is 3.37. The number of carbonyl (C=O) groups excluding carboxylic acids is 1. The second-order valence-electron chi connectivity index (χ2n) is 4.44. The molecular weight excluding hydrogens is 256 g/mol. The molecule has 0 unspecified atom stereocenters. The van der Waals surface area contributed by atoms with Gasteiger partial charge in [-0.1, -0.05) is 0 Å². The van der Waals surface area contributed by atoms with Crippen LogP contribution in [0.2, 0.25) is 0 Å². The summed E-state index contributed by atoms with van der Waals surface area (Å²) in [6, 6.07) is 0. The van der Waals surface area contributed by atoms with Crippen molar-refractivity contribution in [2.24, 2.45) is 0 Å². The monoisotopic (exact) mass is 278 g/mol. The van der Waals surface area contributed by atoms with Crippen LogP contribution in [0.5, 0.6) is 11.5 Å². The van der Waals surface area contributed by atoms with Gasteiger partial charge in [-0.2, -0.15) is 0 Å². The third kappa shape index (κ3) is 3.13. The number of methoxy groups -OCH3 is 2. The molecule has 110 valence electrons. The molecule has 4 nitrogen and oxygen atoms in total. The number of esters is 1. The Morgan fingerprint density at radius 3 is 2.05 bits per heavy atom. The number of hydrogen-bond donors (Lipinski definition) is 0. The van der Waals surface area contributed by atoms with Gasteiger partial charge in [-0.25, -0.2) is 4.79 Å². The lowest BCUT2D eigenvalue weighted by atomic mass is 9.97. The summed E-state index contributed by atoms with van der Waals surface area (Å²) in [4.78, 5) is 11.5. The third-order valence-electron chi connectivity index (χ3n) is 3.31. The van der Waals surface area contributed by atoms with Crippen molar-refractivity contribution in [2.45, 2.75) is 27.7 Å². The van der Waals surface area contributed by atoms with Gasteiger partial charge in [-0.05, 0) is 44.9 Å². The van der Waals surface area contributed by atoms with Gasteiger partial charge in [0.15, 0.2) is 0 Å². The number of hydrogen-bond acceptors (Lipinski definition) is 4. The lowest BCUT2D eigenvalue weighted by Crippen LogP contribution is -2.02. The van der Waals surface area contributed by atoms with Crippen molar-refractivity contribution in [3.63, 3.8) is 0 Å². The van der Waals surface area contributed by atoms with Crippen LogP contribution in [0.1, 0.15) is 29.2 Å². The molecule has 1 aromatic rings. The van der Waals surface area contributed by atoms with Crippen LogP contribution in [-0.4, -0.2) is 26.8 Å². The summed E-state index contributed by atoms with van der Waals surface area (Å²) in [5, 5.41) is 0. The Labute approximate surface area is 120 Å². The number of rotatable bonds is 5. The van der Waals surface area contributed by atoms with Crippen LogP contribution in [0.25, 0.3) is 6.08 Å². The van der Waals surface area contributed by atoms with Crippen LogP contribution in [0, 0.1) is 20.8 Å². The van der Waals surface area contributed by atoms with E-state index in [4.69, 9.17) is 14.2 Å². The van der Waals surface area contributed by atoms with Crippen molar-refractivity contribution in [1.29, 1.82) is 0 Å². The summed E-state index contributed by atoms with van der Waals surface area (Å²) >= 11 is 0. The molecule has 0 aliphatic rings. The van der Waals surface area contributed by atoms with Crippen molar-refractivity contribution in [1.82, 2.24) is 0 Å². The molecule has 0 aliphatic carbocycles. The molecule has 1 rings (SSSR count). The summed E-state index contributed by atoms with van der Waals surface area (Å²) in [5.74, 6) is 1.19. The van der Waals surface area contributed by atoms with E-state index in [2.05, 4.69) is 0 Å². The first-order valence-corrected chi connectivity index (χ1v) is 6.54. The van der Waals surface area contributed by atoms with Crippen LogP contribution in [0.4, 0.5) is 0 Å². The van der Waals surface area contributed by atoms with E-state index in [1.54, 1.807) is 27.2 Å². The van der Waals surface area contributed by atoms with Gasteiger partial charge < -0.3 is 14.2 Å². The lowest BCUT2D eigenvalue weighted by Gasteiger charge is -2.18. The largest absolute Gasteiger partial charge is 0.496 e. The maximum Gasteiger partial charge on any atom is 0.330 e. The quantitative estimate of drug-likeness (QED) is 0.613. The van der Waals surface area contributed by atoms with Crippen LogP contribution < -0.4 is 9.47 Å². The number of ether oxygens (including phenoxy) is 3. The van der Waals surface area contributed by atoms with Gasteiger partial charge in [0.2, 0.25) is 0 Å². The van der Waals surface area contributed by atoms with Crippen molar-refractivity contribution >= 4 is 12.0 Å². The topological polar surface area (TPSA) is 44.8 Å². The highest BCUT2D eigenvalue weighted by Gasteiger charge is 2.17. The number of benzene rings is 1. The molecule has 4 heteroatoms. The fraction of sp³-hybridized carbons (Fsp3) is 0.438. The average Bonchev–Trinajstić information content (AvgIpc) is 2.42. The van der Waals surface area contributed by atoms with Crippen LogP contribution in [0.3, 0.4) is 0 Å². The van der Waals surface area contributed by atoms with E-state index in [0.717, 1.165) is 33.8 Å². The van der Waals surface area contributed by atoms with E-state index in [-0.39, 0.29) is 5.97 Å². The first-order chi connectivity index (χ1) is 9.47. The summed E-state index contributed by atoms with van der Waals surface area (Å²) < 4.78 is 15.8. The zero-order chi connectivity index (χ0) is 15.3. The molecule has 0 aromatic heterocycles. The summed E-state index contributed by atoms with van der Waals surface area (Å²) in [6.45, 7) is 8.03. The zero-order valence-electron chi connectivity index (χ0n) is 13.0. The fourth-order valence-corrected chi connectivity index (χ4v) is 2.23. The molecule has 0 amide bonds. The highest BCUT2D eigenvalue weighted by Crippen LogP contribution is 2.38. The average molecular weight is 278 g/mol. The molecule has 0 atom stereocenters. The van der Waals surface area contributed by atoms with Gasteiger partial charge in [0.1, 0.15) is 11.5 Å². The van der Waals surface area contributed by atoms with Crippen molar-refractivity contribution in [3.8, 4) is 11.5 Å². The highest BCUT2D eigenvalue weighted by atomic mass is 16.5. The second kappa shape index (κ2) is 6.98. The lowest BCUT2D eigenvalue weighted by molar-refractivity contribution is -0.137. The zero-order valence-corrected chi connectivity index (χ0v) is 13.0. The minimum Gasteiger partial charge on any atom is -0.496 e. The minimum absolute atomic E-state index is 0.357. The maximum atomic E-state index is 11.5. The Morgan fingerprint density at radius 2 is 1.55 bits per heavy atom. The molecule has 0 fully saturated rings. The molecule has 0 bridgehead atoms. The highest BCUT2D eigenvalue weighted by molar-refractivity contribution is 5.88. The smallest absolute Gasteiger partial charge is 0.330 e. The predicted octanol–water partition coefficient (Wildman–Crippen LogP) is 3.21. The molecule has 0 saturated heterocycles. The van der Waals surface area contributed by atoms with E-state index in [1.165, 1.54) is 6.08 Å². The van der Waals surface area contributed by atoms with Crippen molar-refractivity contribution in [3.05, 3.63) is 28.3 Å². The fourth-order valence-electron chi connectivity index (χ4n) is 2.23. The summed E-state index contributed by atoms with van der Waals surface area (Å²) in [7, 11) is 3.26. The van der Waals surface area contributed by atoms with Gasteiger partial charge in [0.05, 0.1) is 20.8 Å². The molecule has 0 saturated carbocycles. The maximum absolute atomic E-state index is 11.5. The van der Waals surface area contributed by atoms with Crippen LogP contribution >= 0.6 is 0 Å². The number of carbonyl (C=O) groups is 1. The normalized spacial score (nSPS) is 10.7. The SMILES string of the molecule is CCOC(=O)/C=C/c1c(C)c(OC)c(C)c(C)c1OC. The molecule has 0 N–H and O–H groups in total. The van der Waals surface area contributed by atoms with E-state index in [0.29, 0.717) is 6.61 Å². The van der Waals surface area contributed by atoms with E-state index in [9.17, 15) is 4.79 Å².